The van der Waals surface area contributed by atoms with E-state index in [0.717, 1.165) is 18.7 Å². The molecule has 0 radical (unpaired) electrons. The monoisotopic (exact) mass is 247 g/mol. The first-order chi connectivity index (χ1) is 8.54. The summed E-state index contributed by atoms with van der Waals surface area (Å²) in [5.74, 6) is 1.06. The van der Waals surface area contributed by atoms with Crippen LogP contribution >= 0.6 is 0 Å². The zero-order valence-corrected chi connectivity index (χ0v) is 12.0. The molecule has 1 heterocycles. The molecule has 18 heavy (non-hydrogen) atoms. The van der Waals surface area contributed by atoms with Crippen molar-refractivity contribution in [2.75, 3.05) is 0 Å². The Morgan fingerprint density at radius 3 is 2.67 bits per heavy atom. The second-order valence-corrected chi connectivity index (χ2v) is 5.87. The molecular weight excluding hydrogens is 222 g/mol. The number of nitrogens with one attached hydrogen (secondary N) is 1. The minimum Gasteiger partial charge on any atom is -0.487 e. The molecule has 1 aromatic rings. The van der Waals surface area contributed by atoms with Crippen molar-refractivity contribution in [2.24, 2.45) is 0 Å². The van der Waals surface area contributed by atoms with Gasteiger partial charge < -0.3 is 10.1 Å². The zero-order valence-electron chi connectivity index (χ0n) is 12.0. The topological polar surface area (TPSA) is 21.3 Å². The maximum Gasteiger partial charge on any atom is 0.123 e. The van der Waals surface area contributed by atoms with Gasteiger partial charge in [0.1, 0.15) is 11.4 Å². The summed E-state index contributed by atoms with van der Waals surface area (Å²) in [6.07, 6.45) is 3.40. The maximum absolute atomic E-state index is 5.90. The van der Waals surface area contributed by atoms with Crippen molar-refractivity contribution in [2.45, 2.75) is 65.1 Å². The lowest BCUT2D eigenvalue weighted by atomic mass is 10.00. The Hall–Kier alpha value is -1.02. The van der Waals surface area contributed by atoms with E-state index < -0.39 is 0 Å². The van der Waals surface area contributed by atoms with E-state index in [1.807, 2.05) is 0 Å². The van der Waals surface area contributed by atoms with Gasteiger partial charge in [0.05, 0.1) is 0 Å². The largest absolute Gasteiger partial charge is 0.487 e. The first-order valence-electron chi connectivity index (χ1n) is 7.08. The van der Waals surface area contributed by atoms with Crippen LogP contribution in [0, 0.1) is 0 Å². The number of ether oxygens (including phenoxy) is 1. The van der Waals surface area contributed by atoms with Crippen LogP contribution in [0.25, 0.3) is 0 Å². The molecule has 2 nitrogen and oxygen atoms in total. The highest BCUT2D eigenvalue weighted by Gasteiger charge is 2.29. The minimum atomic E-state index is -0.0379. The van der Waals surface area contributed by atoms with Crippen molar-refractivity contribution >= 4 is 0 Å². The van der Waals surface area contributed by atoms with Crippen LogP contribution in [0.15, 0.2) is 18.2 Å². The Balaban J connectivity index is 2.01. The minimum absolute atomic E-state index is 0.0379. The lowest BCUT2D eigenvalue weighted by Crippen LogP contribution is -2.27. The van der Waals surface area contributed by atoms with E-state index in [9.17, 15) is 0 Å². The van der Waals surface area contributed by atoms with Gasteiger partial charge in [0.25, 0.3) is 0 Å². The third-order valence-electron chi connectivity index (χ3n) is 3.71. The van der Waals surface area contributed by atoms with Crippen LogP contribution in [0.3, 0.4) is 0 Å². The molecule has 0 atom stereocenters. The lowest BCUT2D eigenvalue weighted by molar-refractivity contribution is 0.138. The standard InChI is InChI=1S/C16H25NO/c1-5-14(6-2)17-11-12-7-8-15-13(9-12)10-16(3,4)18-15/h7-9,14,17H,5-6,10-11H2,1-4H3. The summed E-state index contributed by atoms with van der Waals surface area (Å²) in [4.78, 5) is 0. The first kappa shape index (κ1) is 13.4. The molecule has 0 saturated heterocycles. The van der Waals surface area contributed by atoms with Gasteiger partial charge in [-0.2, -0.15) is 0 Å². The van der Waals surface area contributed by atoms with Gasteiger partial charge in [-0.1, -0.05) is 26.0 Å². The van der Waals surface area contributed by atoms with Crippen LogP contribution in [-0.4, -0.2) is 11.6 Å². The van der Waals surface area contributed by atoms with Crippen molar-refractivity contribution in [1.82, 2.24) is 5.32 Å². The van der Waals surface area contributed by atoms with E-state index in [0.29, 0.717) is 6.04 Å². The highest BCUT2D eigenvalue weighted by Crippen LogP contribution is 2.35. The van der Waals surface area contributed by atoms with E-state index in [-0.39, 0.29) is 5.60 Å². The number of hydrogen-bond acceptors (Lipinski definition) is 2. The molecule has 0 bridgehead atoms. The van der Waals surface area contributed by atoms with Gasteiger partial charge in [-0.05, 0) is 43.9 Å². The van der Waals surface area contributed by atoms with Crippen molar-refractivity contribution < 1.29 is 4.74 Å². The zero-order chi connectivity index (χ0) is 13.2. The summed E-state index contributed by atoms with van der Waals surface area (Å²) < 4.78 is 5.90. The Morgan fingerprint density at radius 2 is 2.00 bits per heavy atom. The molecule has 100 valence electrons. The molecule has 0 amide bonds. The van der Waals surface area contributed by atoms with Gasteiger partial charge in [0, 0.05) is 19.0 Å². The molecule has 0 spiro atoms. The second kappa shape index (κ2) is 5.31. The molecule has 0 unspecified atom stereocenters. The number of benzene rings is 1. The average Bonchev–Trinajstić information content (AvgIpc) is 2.63. The van der Waals surface area contributed by atoms with Crippen molar-refractivity contribution in [3.05, 3.63) is 29.3 Å². The first-order valence-corrected chi connectivity index (χ1v) is 7.08. The molecular formula is C16H25NO. The summed E-state index contributed by atoms with van der Waals surface area (Å²) in [5, 5.41) is 3.61. The highest BCUT2D eigenvalue weighted by atomic mass is 16.5. The molecule has 0 aliphatic carbocycles. The quantitative estimate of drug-likeness (QED) is 0.857. The summed E-state index contributed by atoms with van der Waals surface area (Å²) >= 11 is 0. The highest BCUT2D eigenvalue weighted by molar-refractivity contribution is 5.41. The molecule has 1 aromatic carbocycles. The Kier molecular flexibility index (Phi) is 3.96. The molecule has 0 saturated carbocycles. The average molecular weight is 247 g/mol. The van der Waals surface area contributed by atoms with E-state index in [2.05, 4.69) is 51.2 Å². The van der Waals surface area contributed by atoms with Crippen molar-refractivity contribution in [3.63, 3.8) is 0 Å². The van der Waals surface area contributed by atoms with Crippen molar-refractivity contribution in [1.29, 1.82) is 0 Å². The summed E-state index contributed by atoms with van der Waals surface area (Å²) in [6.45, 7) is 9.73. The van der Waals surface area contributed by atoms with Crippen LogP contribution in [-0.2, 0) is 13.0 Å². The number of rotatable bonds is 5. The van der Waals surface area contributed by atoms with Crippen LogP contribution in [0.2, 0.25) is 0 Å². The number of hydrogen-bond donors (Lipinski definition) is 1. The molecule has 2 heteroatoms. The Labute approximate surface area is 111 Å². The molecule has 1 N–H and O–H groups in total. The van der Waals surface area contributed by atoms with Gasteiger partial charge in [0.15, 0.2) is 0 Å². The van der Waals surface area contributed by atoms with Gasteiger partial charge in [0.2, 0.25) is 0 Å². The summed E-state index contributed by atoms with van der Waals surface area (Å²) in [5.41, 5.74) is 2.68. The fourth-order valence-corrected chi connectivity index (χ4v) is 2.61. The van der Waals surface area contributed by atoms with Crippen LogP contribution < -0.4 is 10.1 Å². The smallest absolute Gasteiger partial charge is 0.123 e. The van der Waals surface area contributed by atoms with Gasteiger partial charge in [-0.15, -0.1) is 0 Å². The van der Waals surface area contributed by atoms with Crippen LogP contribution in [0.5, 0.6) is 5.75 Å². The second-order valence-electron chi connectivity index (χ2n) is 5.87. The van der Waals surface area contributed by atoms with E-state index in [4.69, 9.17) is 4.74 Å². The molecule has 1 aliphatic heterocycles. The van der Waals surface area contributed by atoms with E-state index >= 15 is 0 Å². The van der Waals surface area contributed by atoms with E-state index in [1.54, 1.807) is 0 Å². The fraction of sp³-hybridized carbons (Fsp3) is 0.625. The summed E-state index contributed by atoms with van der Waals surface area (Å²) in [7, 11) is 0. The molecule has 1 aliphatic rings. The van der Waals surface area contributed by atoms with Crippen LogP contribution in [0.4, 0.5) is 0 Å². The SMILES string of the molecule is CCC(CC)NCc1ccc2c(c1)CC(C)(C)O2. The Morgan fingerprint density at radius 1 is 1.28 bits per heavy atom. The maximum atomic E-state index is 5.90. The van der Waals surface area contributed by atoms with Gasteiger partial charge in [-0.25, -0.2) is 0 Å². The lowest BCUT2D eigenvalue weighted by Gasteiger charge is -2.16. The third-order valence-corrected chi connectivity index (χ3v) is 3.71. The third kappa shape index (κ3) is 3.05. The molecule has 0 aromatic heterocycles. The van der Waals surface area contributed by atoms with Gasteiger partial charge >= 0.3 is 0 Å². The van der Waals surface area contributed by atoms with E-state index in [1.165, 1.54) is 24.0 Å². The predicted molar refractivity (Wildman–Crippen MR) is 76.1 cm³/mol. The van der Waals surface area contributed by atoms with Crippen LogP contribution in [0.1, 0.15) is 51.7 Å². The van der Waals surface area contributed by atoms with Crippen molar-refractivity contribution in [3.8, 4) is 5.75 Å². The van der Waals surface area contributed by atoms with Gasteiger partial charge in [-0.3, -0.25) is 0 Å². The number of fused-ring (bicyclic) bond motifs is 1. The molecule has 2 rings (SSSR count). The predicted octanol–water partition coefficient (Wildman–Crippen LogP) is 3.68. The normalized spacial score (nSPS) is 16.7. The molecule has 0 fully saturated rings. The fourth-order valence-electron chi connectivity index (χ4n) is 2.61. The Bertz CT molecular complexity index is 408. The summed E-state index contributed by atoms with van der Waals surface area (Å²) in [6, 6.07) is 7.22.